The molecule has 0 aromatic heterocycles. The zero-order chi connectivity index (χ0) is 30.2. The number of carbonyl (C=O) groups is 1. The molecule has 0 saturated heterocycles. The summed E-state index contributed by atoms with van der Waals surface area (Å²) in [4.78, 5) is 12.0. The summed E-state index contributed by atoms with van der Waals surface area (Å²) in [5.74, 6) is -0.325. The Hall–Kier alpha value is -4.03. The van der Waals surface area contributed by atoms with Gasteiger partial charge in [-0.1, -0.05) is 61.9 Å². The summed E-state index contributed by atoms with van der Waals surface area (Å²) >= 11 is 0. The molecule has 0 amide bonds. The minimum Gasteiger partial charge on any atom is -0.495 e. The van der Waals surface area contributed by atoms with E-state index in [-0.39, 0.29) is 27.7 Å². The molecule has 0 unspecified atom stereocenters. The molecular formula is C30H28O9S2. The Bertz CT molecular complexity index is 1820. The fraction of sp³-hybridized carbons (Fsp3) is 0.167. The Morgan fingerprint density at radius 2 is 1.20 bits per heavy atom. The van der Waals surface area contributed by atoms with Gasteiger partial charge in [-0.25, -0.2) is 0 Å². The van der Waals surface area contributed by atoms with Gasteiger partial charge in [-0.3, -0.25) is 13.9 Å². The summed E-state index contributed by atoms with van der Waals surface area (Å²) in [5.41, 5.74) is 2.01. The molecule has 4 aromatic carbocycles. The number of carbonyl (C=O) groups excluding carboxylic acids is 1. The molecule has 4 aromatic rings. The van der Waals surface area contributed by atoms with Crippen molar-refractivity contribution < 1.29 is 40.2 Å². The molecule has 0 radical (unpaired) electrons. The average Bonchev–Trinajstić information content (AvgIpc) is 2.92. The van der Waals surface area contributed by atoms with Crippen LogP contribution in [0.3, 0.4) is 0 Å². The number of benzene rings is 4. The maximum absolute atomic E-state index is 12.9. The van der Waals surface area contributed by atoms with Gasteiger partial charge in [0.2, 0.25) is 0 Å². The van der Waals surface area contributed by atoms with E-state index in [1.54, 1.807) is 54.6 Å². The van der Waals surface area contributed by atoms with Crippen LogP contribution in [0, 0.1) is 6.92 Å². The van der Waals surface area contributed by atoms with Gasteiger partial charge in [-0.2, -0.15) is 16.8 Å². The Balaban J connectivity index is 1.64. The van der Waals surface area contributed by atoms with Crippen LogP contribution in [0.1, 0.15) is 46.5 Å². The van der Waals surface area contributed by atoms with E-state index in [1.165, 1.54) is 31.4 Å². The highest BCUT2D eigenvalue weighted by atomic mass is 32.2. The Morgan fingerprint density at radius 3 is 1.76 bits per heavy atom. The number of rotatable bonds is 9. The molecule has 0 spiro atoms. The minimum atomic E-state index is -4.74. The molecule has 0 heterocycles. The van der Waals surface area contributed by atoms with Crippen LogP contribution in [0.5, 0.6) is 17.2 Å². The topological polar surface area (TPSA) is 144 Å². The third-order valence-corrected chi connectivity index (χ3v) is 8.51. The van der Waals surface area contributed by atoms with Crippen LogP contribution in [-0.2, 0) is 25.7 Å². The SMILES string of the molecule is COc1ccc(C(C)(C)c2ccc(Oc3ccc(C(=O)c4ccc(C)cc4)cc3S(=O)(=O)O)cc2)cc1S(=O)(=O)O. The highest BCUT2D eigenvalue weighted by Gasteiger charge is 2.27. The Kier molecular flexibility index (Phi) is 8.10. The summed E-state index contributed by atoms with van der Waals surface area (Å²) in [7, 11) is -7.97. The van der Waals surface area contributed by atoms with Gasteiger partial charge in [-0.05, 0) is 60.5 Å². The second kappa shape index (κ2) is 11.1. The number of ether oxygens (including phenoxy) is 2. The van der Waals surface area contributed by atoms with Gasteiger partial charge in [0.05, 0.1) is 7.11 Å². The molecule has 4 rings (SSSR count). The molecule has 0 aliphatic rings. The maximum atomic E-state index is 12.9. The lowest BCUT2D eigenvalue weighted by Crippen LogP contribution is -2.19. The van der Waals surface area contributed by atoms with Gasteiger partial charge >= 0.3 is 0 Å². The molecule has 0 aliphatic carbocycles. The van der Waals surface area contributed by atoms with Gasteiger partial charge in [0.15, 0.2) is 5.78 Å². The van der Waals surface area contributed by atoms with Gasteiger partial charge in [-0.15, -0.1) is 0 Å². The van der Waals surface area contributed by atoms with Crippen molar-refractivity contribution in [2.75, 3.05) is 7.11 Å². The first-order valence-electron chi connectivity index (χ1n) is 12.3. The largest absolute Gasteiger partial charge is 0.495 e. The van der Waals surface area contributed by atoms with Crippen molar-refractivity contribution >= 4 is 26.0 Å². The van der Waals surface area contributed by atoms with E-state index in [1.807, 2.05) is 20.8 Å². The van der Waals surface area contributed by atoms with Gasteiger partial charge in [0, 0.05) is 16.5 Å². The summed E-state index contributed by atoms with van der Waals surface area (Å²) in [6.07, 6.45) is 0. The lowest BCUT2D eigenvalue weighted by Gasteiger charge is -2.27. The van der Waals surface area contributed by atoms with Crippen molar-refractivity contribution in [1.29, 1.82) is 0 Å². The predicted octanol–water partition coefficient (Wildman–Crippen LogP) is 5.85. The van der Waals surface area contributed by atoms with Crippen molar-refractivity contribution in [2.45, 2.75) is 36.0 Å². The first kappa shape index (κ1) is 29.9. The number of aryl methyl sites for hydroxylation is 1. The van der Waals surface area contributed by atoms with E-state index in [4.69, 9.17) is 9.47 Å². The summed E-state index contributed by atoms with van der Waals surface area (Å²) in [5, 5.41) is 0. The van der Waals surface area contributed by atoms with E-state index in [0.29, 0.717) is 11.1 Å². The Morgan fingerprint density at radius 1 is 0.683 bits per heavy atom. The van der Waals surface area contributed by atoms with Crippen molar-refractivity contribution in [3.63, 3.8) is 0 Å². The molecule has 214 valence electrons. The third-order valence-electron chi connectivity index (χ3n) is 6.76. The maximum Gasteiger partial charge on any atom is 0.298 e. The molecule has 11 heteroatoms. The fourth-order valence-corrected chi connectivity index (χ4v) is 5.63. The molecule has 0 atom stereocenters. The van der Waals surface area contributed by atoms with Crippen LogP contribution in [0.15, 0.2) is 94.7 Å². The van der Waals surface area contributed by atoms with Crippen molar-refractivity contribution in [3.8, 4) is 17.2 Å². The van der Waals surface area contributed by atoms with Crippen LogP contribution in [0.25, 0.3) is 0 Å². The molecule has 0 aliphatic heterocycles. The molecule has 0 saturated carbocycles. The van der Waals surface area contributed by atoms with Gasteiger partial charge in [0.1, 0.15) is 27.0 Å². The molecule has 0 fully saturated rings. The van der Waals surface area contributed by atoms with Gasteiger partial charge in [0.25, 0.3) is 20.2 Å². The molecular weight excluding hydrogens is 568 g/mol. The fourth-order valence-electron chi connectivity index (χ4n) is 4.31. The smallest absolute Gasteiger partial charge is 0.298 e. The summed E-state index contributed by atoms with van der Waals surface area (Å²) in [6, 6.07) is 21.7. The van der Waals surface area contributed by atoms with Gasteiger partial charge < -0.3 is 9.47 Å². The number of hydrogen-bond donors (Lipinski definition) is 2. The molecule has 9 nitrogen and oxygen atoms in total. The third kappa shape index (κ3) is 6.49. The predicted molar refractivity (Wildman–Crippen MR) is 152 cm³/mol. The van der Waals surface area contributed by atoms with Crippen molar-refractivity contribution in [2.24, 2.45) is 0 Å². The zero-order valence-corrected chi connectivity index (χ0v) is 24.3. The van der Waals surface area contributed by atoms with Crippen LogP contribution >= 0.6 is 0 Å². The standard InChI is InChI=1S/C30H28O9S2/c1-19-5-7-20(8-6-19)29(31)21-9-15-26(27(17-21)40(32,33)34)39-24-13-10-22(11-14-24)30(2,3)23-12-16-25(38-4)28(18-23)41(35,36)37/h5-18H,1-4H3,(H,32,33,34)(H,35,36,37). The summed E-state index contributed by atoms with van der Waals surface area (Å²) in [6.45, 7) is 5.60. The average molecular weight is 597 g/mol. The van der Waals surface area contributed by atoms with Crippen LogP contribution in [-0.4, -0.2) is 38.8 Å². The van der Waals surface area contributed by atoms with Crippen LogP contribution in [0.2, 0.25) is 0 Å². The van der Waals surface area contributed by atoms with Crippen molar-refractivity contribution in [1.82, 2.24) is 0 Å². The second-order valence-electron chi connectivity index (χ2n) is 9.92. The zero-order valence-electron chi connectivity index (χ0n) is 22.7. The second-order valence-corrected chi connectivity index (χ2v) is 12.7. The summed E-state index contributed by atoms with van der Waals surface area (Å²) < 4.78 is 78.4. The van der Waals surface area contributed by atoms with E-state index in [2.05, 4.69) is 0 Å². The highest BCUT2D eigenvalue weighted by molar-refractivity contribution is 7.86. The molecule has 0 bridgehead atoms. The number of ketones is 1. The van der Waals surface area contributed by atoms with E-state index in [0.717, 1.165) is 17.2 Å². The van der Waals surface area contributed by atoms with Crippen molar-refractivity contribution in [3.05, 3.63) is 113 Å². The van der Waals surface area contributed by atoms with Crippen LogP contribution in [0.4, 0.5) is 0 Å². The van der Waals surface area contributed by atoms with E-state index >= 15 is 0 Å². The normalized spacial score (nSPS) is 12.1. The molecule has 2 N–H and O–H groups in total. The molecule has 41 heavy (non-hydrogen) atoms. The quantitative estimate of drug-likeness (QED) is 0.180. The lowest BCUT2D eigenvalue weighted by molar-refractivity contribution is 0.103. The van der Waals surface area contributed by atoms with E-state index < -0.39 is 36.3 Å². The van der Waals surface area contributed by atoms with Crippen LogP contribution < -0.4 is 9.47 Å². The first-order valence-corrected chi connectivity index (χ1v) is 15.2. The number of methoxy groups -OCH3 is 1. The lowest BCUT2D eigenvalue weighted by atomic mass is 9.78. The Labute approximate surface area is 238 Å². The van der Waals surface area contributed by atoms with E-state index in [9.17, 15) is 30.7 Å². The monoisotopic (exact) mass is 596 g/mol. The number of hydrogen-bond acceptors (Lipinski definition) is 7. The minimum absolute atomic E-state index is 0.0111. The highest BCUT2D eigenvalue weighted by Crippen LogP contribution is 2.37. The first-order chi connectivity index (χ1) is 19.1.